The average molecular weight is 333 g/mol. The van der Waals surface area contributed by atoms with Crippen LogP contribution in [0.4, 0.5) is 0 Å². The number of aryl methyl sites for hydroxylation is 1. The van der Waals surface area contributed by atoms with Crippen LogP contribution < -0.4 is 10.6 Å². The van der Waals surface area contributed by atoms with Gasteiger partial charge in [0.2, 0.25) is 0 Å². The smallest absolute Gasteiger partial charge is 0.267 e. The van der Waals surface area contributed by atoms with E-state index in [4.69, 9.17) is 0 Å². The molecular weight excluding hydrogens is 314 g/mol. The molecule has 1 aromatic carbocycles. The lowest BCUT2D eigenvalue weighted by Gasteiger charge is -2.10. The number of benzene rings is 1. The Bertz CT molecular complexity index is 803. The maximum absolute atomic E-state index is 12.5. The van der Waals surface area contributed by atoms with E-state index in [-0.39, 0.29) is 16.8 Å². The van der Waals surface area contributed by atoms with Crippen LogP contribution in [0.15, 0.2) is 47.6 Å². The van der Waals surface area contributed by atoms with Gasteiger partial charge >= 0.3 is 0 Å². The van der Waals surface area contributed by atoms with Gasteiger partial charge in [0.05, 0.1) is 10.5 Å². The van der Waals surface area contributed by atoms with Crippen molar-refractivity contribution in [2.75, 3.05) is 13.1 Å². The van der Waals surface area contributed by atoms with E-state index in [1.807, 2.05) is 6.92 Å². The summed E-state index contributed by atoms with van der Waals surface area (Å²) < 4.78 is 26.2. The first-order valence-corrected chi connectivity index (χ1v) is 8.92. The minimum Gasteiger partial charge on any atom is -0.348 e. The van der Waals surface area contributed by atoms with Gasteiger partial charge in [-0.05, 0) is 38.1 Å². The zero-order valence-electron chi connectivity index (χ0n) is 12.8. The minimum atomic E-state index is -3.67. The second-order valence-corrected chi connectivity index (χ2v) is 7.55. The number of nitrogens with one attached hydrogen (secondary N) is 2. The second kappa shape index (κ2) is 6.17. The summed E-state index contributed by atoms with van der Waals surface area (Å²) in [5.74, 6) is -0.253. The lowest BCUT2D eigenvalue weighted by Crippen LogP contribution is -2.36. The molecule has 3 rings (SSSR count). The van der Waals surface area contributed by atoms with Crippen LogP contribution in [0.3, 0.4) is 0 Å². The van der Waals surface area contributed by atoms with Crippen molar-refractivity contribution in [3.05, 3.63) is 53.9 Å². The molecule has 1 aromatic heterocycles. The molecule has 2 N–H and O–H groups in total. The van der Waals surface area contributed by atoms with Gasteiger partial charge in [-0.25, -0.2) is 12.4 Å². The molecule has 1 atom stereocenters. The lowest BCUT2D eigenvalue weighted by molar-refractivity contribution is 0.0940. The number of carbonyl (C=O) groups excluding carboxylic acids is 1. The van der Waals surface area contributed by atoms with Crippen molar-refractivity contribution < 1.29 is 13.2 Å². The van der Waals surface area contributed by atoms with E-state index >= 15 is 0 Å². The Hall–Kier alpha value is -2.12. The van der Waals surface area contributed by atoms with Crippen LogP contribution in [0.5, 0.6) is 0 Å². The van der Waals surface area contributed by atoms with Gasteiger partial charge in [0.25, 0.3) is 15.9 Å². The summed E-state index contributed by atoms with van der Waals surface area (Å²) in [6.45, 7) is 3.52. The van der Waals surface area contributed by atoms with Crippen LogP contribution in [0.1, 0.15) is 22.3 Å². The van der Waals surface area contributed by atoms with Crippen LogP contribution in [-0.4, -0.2) is 37.4 Å². The fourth-order valence-corrected chi connectivity index (χ4v) is 3.74. The van der Waals surface area contributed by atoms with Gasteiger partial charge in [-0.3, -0.25) is 4.79 Å². The Labute approximate surface area is 135 Å². The molecule has 2 aromatic rings. The normalized spacial score (nSPS) is 18.0. The highest BCUT2D eigenvalue weighted by Gasteiger charge is 2.21. The zero-order chi connectivity index (χ0) is 16.4. The first-order chi connectivity index (χ1) is 11.0. The van der Waals surface area contributed by atoms with Crippen molar-refractivity contribution in [3.8, 4) is 0 Å². The third-order valence-corrected chi connectivity index (χ3v) is 5.57. The molecule has 1 unspecified atom stereocenters. The summed E-state index contributed by atoms with van der Waals surface area (Å²) in [6.07, 6.45) is 3.64. The van der Waals surface area contributed by atoms with Gasteiger partial charge in [0.15, 0.2) is 0 Å². The summed E-state index contributed by atoms with van der Waals surface area (Å²) in [5, 5.41) is 6.07. The van der Waals surface area contributed by atoms with E-state index in [2.05, 4.69) is 10.6 Å². The number of nitrogens with zero attached hydrogens (tertiary/aromatic N) is 1. The molecule has 1 saturated heterocycles. The van der Waals surface area contributed by atoms with Gasteiger partial charge in [0.1, 0.15) is 0 Å². The fourth-order valence-electron chi connectivity index (χ4n) is 2.54. The van der Waals surface area contributed by atoms with E-state index in [1.54, 1.807) is 24.3 Å². The van der Waals surface area contributed by atoms with Crippen LogP contribution in [0.2, 0.25) is 0 Å². The van der Waals surface area contributed by atoms with Crippen LogP contribution in [0.25, 0.3) is 0 Å². The number of hydrogen-bond donors (Lipinski definition) is 2. The number of carbonyl (C=O) groups is 1. The molecule has 0 aliphatic carbocycles. The molecule has 1 fully saturated rings. The predicted molar refractivity (Wildman–Crippen MR) is 86.9 cm³/mol. The van der Waals surface area contributed by atoms with Gasteiger partial charge in [-0.2, -0.15) is 0 Å². The molecule has 6 nitrogen and oxygen atoms in total. The molecular formula is C16H19N3O3S. The van der Waals surface area contributed by atoms with E-state index < -0.39 is 10.0 Å². The molecule has 0 bridgehead atoms. The second-order valence-electron chi connectivity index (χ2n) is 5.71. The number of aromatic nitrogens is 1. The fraction of sp³-hybridized carbons (Fsp3) is 0.312. The average Bonchev–Trinajstić information content (AvgIpc) is 3.19. The van der Waals surface area contributed by atoms with Crippen molar-refractivity contribution in [1.82, 2.24) is 14.6 Å². The standard InChI is InChI=1S/C16H19N3O3S/c1-12-2-4-15(5-3-12)23(21,22)19-9-7-13(11-19)16(20)18-14-6-8-17-10-14/h2-5,7,9,11,14,17H,6,8,10H2,1H3,(H,18,20). The molecule has 7 heteroatoms. The van der Waals surface area contributed by atoms with E-state index in [1.165, 1.54) is 18.5 Å². The van der Waals surface area contributed by atoms with Crippen molar-refractivity contribution in [1.29, 1.82) is 0 Å². The summed E-state index contributed by atoms with van der Waals surface area (Å²) >= 11 is 0. The van der Waals surface area contributed by atoms with Gasteiger partial charge in [0, 0.05) is 25.0 Å². The molecule has 0 spiro atoms. The molecule has 23 heavy (non-hydrogen) atoms. The van der Waals surface area contributed by atoms with Crippen molar-refractivity contribution in [3.63, 3.8) is 0 Å². The Balaban J connectivity index is 1.80. The first kappa shape index (κ1) is 15.8. The molecule has 122 valence electrons. The van der Waals surface area contributed by atoms with E-state index in [0.717, 1.165) is 29.0 Å². The topological polar surface area (TPSA) is 80.2 Å². The molecule has 2 heterocycles. The van der Waals surface area contributed by atoms with Gasteiger partial charge in [-0.1, -0.05) is 17.7 Å². The Kier molecular flexibility index (Phi) is 4.23. The Morgan fingerprint density at radius 1 is 1.26 bits per heavy atom. The Morgan fingerprint density at radius 3 is 2.65 bits per heavy atom. The summed E-state index contributed by atoms with van der Waals surface area (Å²) in [5.41, 5.74) is 1.33. The number of hydrogen-bond acceptors (Lipinski definition) is 4. The van der Waals surface area contributed by atoms with Crippen molar-refractivity contribution in [2.45, 2.75) is 24.3 Å². The summed E-state index contributed by atoms with van der Waals surface area (Å²) in [6, 6.07) is 8.24. The highest BCUT2D eigenvalue weighted by Crippen LogP contribution is 2.16. The monoisotopic (exact) mass is 333 g/mol. The van der Waals surface area contributed by atoms with Crippen LogP contribution in [0, 0.1) is 6.92 Å². The van der Waals surface area contributed by atoms with Gasteiger partial charge in [-0.15, -0.1) is 0 Å². The largest absolute Gasteiger partial charge is 0.348 e. The number of amides is 1. The Morgan fingerprint density at radius 2 is 2.00 bits per heavy atom. The minimum absolute atomic E-state index is 0.0968. The molecule has 1 aliphatic heterocycles. The third-order valence-electron chi connectivity index (χ3n) is 3.92. The zero-order valence-corrected chi connectivity index (χ0v) is 13.6. The predicted octanol–water partition coefficient (Wildman–Crippen LogP) is 1.13. The number of rotatable bonds is 4. The molecule has 0 radical (unpaired) electrons. The third kappa shape index (κ3) is 3.30. The SMILES string of the molecule is Cc1ccc(S(=O)(=O)n2ccc(C(=O)NC3CCNC3)c2)cc1. The molecule has 0 saturated carbocycles. The molecule has 1 aliphatic rings. The highest BCUT2D eigenvalue weighted by molar-refractivity contribution is 7.90. The van der Waals surface area contributed by atoms with Gasteiger partial charge < -0.3 is 10.6 Å². The highest BCUT2D eigenvalue weighted by atomic mass is 32.2. The first-order valence-electron chi connectivity index (χ1n) is 7.48. The van der Waals surface area contributed by atoms with Crippen LogP contribution in [-0.2, 0) is 10.0 Å². The van der Waals surface area contributed by atoms with E-state index in [9.17, 15) is 13.2 Å². The lowest BCUT2D eigenvalue weighted by atomic mass is 10.2. The van der Waals surface area contributed by atoms with Crippen LogP contribution >= 0.6 is 0 Å². The maximum Gasteiger partial charge on any atom is 0.267 e. The van der Waals surface area contributed by atoms with Crippen molar-refractivity contribution in [2.24, 2.45) is 0 Å². The maximum atomic E-state index is 12.5. The van der Waals surface area contributed by atoms with E-state index in [0.29, 0.717) is 5.56 Å². The quantitative estimate of drug-likeness (QED) is 0.879. The summed E-state index contributed by atoms with van der Waals surface area (Å²) in [7, 11) is -3.67. The summed E-state index contributed by atoms with van der Waals surface area (Å²) in [4.78, 5) is 12.4. The van der Waals surface area contributed by atoms with Crippen molar-refractivity contribution >= 4 is 15.9 Å². The molecule has 1 amide bonds.